The highest BCUT2D eigenvalue weighted by Crippen LogP contribution is 2.27. The fourth-order valence-electron chi connectivity index (χ4n) is 1.44. The van der Waals surface area contributed by atoms with Crippen LogP contribution in [0, 0.1) is 0 Å². The van der Waals surface area contributed by atoms with Crippen molar-refractivity contribution in [3.05, 3.63) is 33.8 Å². The third-order valence-corrected chi connectivity index (χ3v) is 3.86. The summed E-state index contributed by atoms with van der Waals surface area (Å²) in [5, 5.41) is 0.992. The summed E-state index contributed by atoms with van der Waals surface area (Å²) in [7, 11) is -3.02. The van der Waals surface area contributed by atoms with Crippen molar-refractivity contribution in [2.75, 3.05) is 12.0 Å². The van der Waals surface area contributed by atoms with E-state index in [1.54, 1.807) is 18.2 Å². The standard InChI is InChI=1S/C10H14Cl2N2O2S/c1-17(15,16)5-4-10(14-13)8-3-2-7(11)6-9(8)12/h2-3,6,10,14H,4-5,13H2,1H3. The van der Waals surface area contributed by atoms with Gasteiger partial charge in [0.1, 0.15) is 9.84 Å². The summed E-state index contributed by atoms with van der Waals surface area (Å²) in [4.78, 5) is 0. The van der Waals surface area contributed by atoms with Crippen LogP contribution < -0.4 is 11.3 Å². The summed E-state index contributed by atoms with van der Waals surface area (Å²) < 4.78 is 22.2. The van der Waals surface area contributed by atoms with Crippen LogP contribution in [-0.2, 0) is 9.84 Å². The summed E-state index contributed by atoms with van der Waals surface area (Å²) in [5.41, 5.74) is 3.30. The molecule has 0 spiro atoms. The van der Waals surface area contributed by atoms with Crippen molar-refractivity contribution in [1.29, 1.82) is 0 Å². The van der Waals surface area contributed by atoms with Crippen LogP contribution >= 0.6 is 23.2 Å². The lowest BCUT2D eigenvalue weighted by Gasteiger charge is -2.17. The van der Waals surface area contributed by atoms with Crippen molar-refractivity contribution in [3.63, 3.8) is 0 Å². The molecule has 0 radical (unpaired) electrons. The van der Waals surface area contributed by atoms with Crippen LogP contribution in [0.2, 0.25) is 10.0 Å². The molecule has 1 unspecified atom stereocenters. The number of halogens is 2. The van der Waals surface area contributed by atoms with Crippen molar-refractivity contribution in [3.8, 4) is 0 Å². The summed E-state index contributed by atoms with van der Waals surface area (Å²) in [5.74, 6) is 5.45. The molecule has 0 saturated carbocycles. The summed E-state index contributed by atoms with van der Waals surface area (Å²) >= 11 is 11.8. The number of hydrazine groups is 1. The maximum absolute atomic E-state index is 11.1. The van der Waals surface area contributed by atoms with E-state index < -0.39 is 9.84 Å². The van der Waals surface area contributed by atoms with Gasteiger partial charge in [-0.15, -0.1) is 0 Å². The Morgan fingerprint density at radius 2 is 2.06 bits per heavy atom. The molecule has 7 heteroatoms. The molecule has 1 rings (SSSR count). The van der Waals surface area contributed by atoms with Crippen LogP contribution in [0.1, 0.15) is 18.0 Å². The maximum Gasteiger partial charge on any atom is 0.147 e. The Morgan fingerprint density at radius 1 is 1.41 bits per heavy atom. The summed E-state index contributed by atoms with van der Waals surface area (Å²) in [6, 6.07) is 4.71. The first-order valence-corrected chi connectivity index (χ1v) is 7.74. The van der Waals surface area contributed by atoms with Crippen LogP contribution in [0.4, 0.5) is 0 Å². The van der Waals surface area contributed by atoms with Gasteiger partial charge in [0, 0.05) is 22.3 Å². The first-order chi connectivity index (χ1) is 7.83. The minimum Gasteiger partial charge on any atom is -0.271 e. The Hall–Kier alpha value is -0.330. The lowest BCUT2D eigenvalue weighted by Crippen LogP contribution is -2.29. The number of hydrogen-bond donors (Lipinski definition) is 2. The minimum absolute atomic E-state index is 0.0425. The lowest BCUT2D eigenvalue weighted by molar-refractivity contribution is 0.531. The van der Waals surface area contributed by atoms with E-state index in [4.69, 9.17) is 29.0 Å². The first kappa shape index (κ1) is 14.7. The van der Waals surface area contributed by atoms with Crippen molar-refractivity contribution >= 4 is 33.0 Å². The van der Waals surface area contributed by atoms with Crippen molar-refractivity contribution in [2.45, 2.75) is 12.5 Å². The highest BCUT2D eigenvalue weighted by Gasteiger charge is 2.15. The normalized spacial score (nSPS) is 13.6. The maximum atomic E-state index is 11.1. The van der Waals surface area contributed by atoms with Gasteiger partial charge in [0.15, 0.2) is 0 Å². The molecule has 0 heterocycles. The van der Waals surface area contributed by atoms with Gasteiger partial charge in [0.25, 0.3) is 0 Å². The molecule has 0 fully saturated rings. The molecule has 0 saturated heterocycles. The van der Waals surface area contributed by atoms with E-state index >= 15 is 0 Å². The third kappa shape index (κ3) is 4.81. The molecule has 4 nitrogen and oxygen atoms in total. The molecule has 1 aromatic carbocycles. The van der Waals surface area contributed by atoms with E-state index in [0.29, 0.717) is 16.5 Å². The van der Waals surface area contributed by atoms with E-state index in [1.165, 1.54) is 6.26 Å². The second kappa shape index (κ2) is 6.02. The van der Waals surface area contributed by atoms with Gasteiger partial charge in [0.2, 0.25) is 0 Å². The number of nitrogens with one attached hydrogen (secondary N) is 1. The Balaban J connectivity index is 2.86. The highest BCUT2D eigenvalue weighted by molar-refractivity contribution is 7.90. The van der Waals surface area contributed by atoms with E-state index in [9.17, 15) is 8.42 Å². The molecule has 0 amide bonds. The van der Waals surface area contributed by atoms with Gasteiger partial charge in [-0.2, -0.15) is 0 Å². The van der Waals surface area contributed by atoms with Crippen molar-refractivity contribution < 1.29 is 8.42 Å². The van der Waals surface area contributed by atoms with E-state index in [2.05, 4.69) is 5.43 Å². The van der Waals surface area contributed by atoms with E-state index in [0.717, 1.165) is 5.56 Å². The van der Waals surface area contributed by atoms with Gasteiger partial charge in [0.05, 0.1) is 5.75 Å². The van der Waals surface area contributed by atoms with Crippen LogP contribution in [0.25, 0.3) is 0 Å². The molecule has 1 aromatic rings. The van der Waals surface area contributed by atoms with E-state index in [-0.39, 0.29) is 11.8 Å². The van der Waals surface area contributed by atoms with Crippen molar-refractivity contribution in [1.82, 2.24) is 5.43 Å². The van der Waals surface area contributed by atoms with E-state index in [1.807, 2.05) is 0 Å². The molecule has 0 aliphatic heterocycles. The zero-order chi connectivity index (χ0) is 13.1. The Kier molecular flexibility index (Phi) is 5.22. The molecule has 17 heavy (non-hydrogen) atoms. The average molecular weight is 297 g/mol. The molecular formula is C10H14Cl2N2O2S. The molecule has 96 valence electrons. The van der Waals surface area contributed by atoms with Crippen LogP contribution in [0.3, 0.4) is 0 Å². The molecule has 0 aromatic heterocycles. The predicted molar refractivity (Wildman–Crippen MR) is 70.9 cm³/mol. The molecule has 1 atom stereocenters. The zero-order valence-corrected chi connectivity index (χ0v) is 11.6. The molecule has 0 aliphatic rings. The smallest absolute Gasteiger partial charge is 0.147 e. The number of hydrogen-bond acceptors (Lipinski definition) is 4. The van der Waals surface area contributed by atoms with Gasteiger partial charge in [-0.05, 0) is 24.1 Å². The zero-order valence-electron chi connectivity index (χ0n) is 9.28. The second-order valence-corrected chi connectivity index (χ2v) is 6.91. The monoisotopic (exact) mass is 296 g/mol. The lowest BCUT2D eigenvalue weighted by atomic mass is 10.1. The molecule has 3 N–H and O–H groups in total. The molecule has 0 aliphatic carbocycles. The number of rotatable bonds is 5. The predicted octanol–water partition coefficient (Wildman–Crippen LogP) is 1.93. The second-order valence-electron chi connectivity index (χ2n) is 3.80. The number of sulfone groups is 1. The molecular weight excluding hydrogens is 283 g/mol. The fourth-order valence-corrected chi connectivity index (χ4v) is 2.65. The van der Waals surface area contributed by atoms with Crippen LogP contribution in [0.15, 0.2) is 18.2 Å². The topological polar surface area (TPSA) is 72.2 Å². The van der Waals surface area contributed by atoms with Gasteiger partial charge in [-0.1, -0.05) is 29.3 Å². The average Bonchev–Trinajstić information content (AvgIpc) is 2.19. The van der Waals surface area contributed by atoms with Crippen LogP contribution in [0.5, 0.6) is 0 Å². The molecule has 0 bridgehead atoms. The number of nitrogens with two attached hydrogens (primary N) is 1. The fraction of sp³-hybridized carbons (Fsp3) is 0.400. The first-order valence-electron chi connectivity index (χ1n) is 4.92. The minimum atomic E-state index is -3.02. The Morgan fingerprint density at radius 3 is 2.53 bits per heavy atom. The van der Waals surface area contributed by atoms with Crippen molar-refractivity contribution in [2.24, 2.45) is 5.84 Å². The van der Waals surface area contributed by atoms with Gasteiger partial charge in [-0.3, -0.25) is 11.3 Å². The summed E-state index contributed by atoms with van der Waals surface area (Å²) in [6.45, 7) is 0. The van der Waals surface area contributed by atoms with Gasteiger partial charge < -0.3 is 0 Å². The van der Waals surface area contributed by atoms with Gasteiger partial charge >= 0.3 is 0 Å². The highest BCUT2D eigenvalue weighted by atomic mass is 35.5. The Labute approximate surface area is 111 Å². The van der Waals surface area contributed by atoms with Gasteiger partial charge in [-0.25, -0.2) is 8.42 Å². The SMILES string of the molecule is CS(=O)(=O)CCC(NN)c1ccc(Cl)cc1Cl. The number of benzene rings is 1. The quantitative estimate of drug-likeness (QED) is 0.643. The third-order valence-electron chi connectivity index (χ3n) is 2.32. The largest absolute Gasteiger partial charge is 0.271 e. The Bertz CT molecular complexity index is 491. The van der Waals surface area contributed by atoms with Crippen LogP contribution in [-0.4, -0.2) is 20.4 Å². The summed E-state index contributed by atoms with van der Waals surface area (Å²) in [6.07, 6.45) is 1.54.